The lowest BCUT2D eigenvalue weighted by atomic mass is 9.86. The molecule has 1 aromatic heterocycles. The predicted octanol–water partition coefficient (Wildman–Crippen LogP) is 4.37. The average Bonchev–Trinajstić information content (AvgIpc) is 2.67. The molecule has 1 atom stereocenters. The molecule has 1 saturated heterocycles. The van der Waals surface area contributed by atoms with Crippen LogP contribution in [0.5, 0.6) is 0 Å². The third-order valence-corrected chi connectivity index (χ3v) is 5.26. The highest BCUT2D eigenvalue weighted by Crippen LogP contribution is 2.32. The fourth-order valence-electron chi connectivity index (χ4n) is 3.64. The minimum atomic E-state index is -0.264. The number of hydrogen-bond donors (Lipinski definition) is 0. The summed E-state index contributed by atoms with van der Waals surface area (Å²) in [5.74, 6) is 0.190. The quantitative estimate of drug-likeness (QED) is 0.677. The van der Waals surface area contributed by atoms with Gasteiger partial charge in [0.05, 0.1) is 0 Å². The average molecular weight is 360 g/mol. The van der Waals surface area contributed by atoms with E-state index in [1.807, 2.05) is 47.4 Å². The second-order valence-electron chi connectivity index (χ2n) is 7.00. The van der Waals surface area contributed by atoms with Crippen LogP contribution < -0.4 is 0 Å². The van der Waals surface area contributed by atoms with E-state index >= 15 is 0 Å². The molecule has 1 amide bonds. The van der Waals surface area contributed by atoms with E-state index in [-0.39, 0.29) is 17.6 Å². The van der Waals surface area contributed by atoms with E-state index in [9.17, 15) is 9.18 Å². The fraction of sp³-hybridized carbons (Fsp3) is 0.217. The van der Waals surface area contributed by atoms with Crippen molar-refractivity contribution in [3.05, 3.63) is 102 Å². The summed E-state index contributed by atoms with van der Waals surface area (Å²) >= 11 is 0. The van der Waals surface area contributed by atoms with Crippen molar-refractivity contribution in [1.82, 2.24) is 9.88 Å². The summed E-state index contributed by atoms with van der Waals surface area (Å²) in [6.45, 7) is 1.49. The summed E-state index contributed by atoms with van der Waals surface area (Å²) in [5, 5.41) is 0. The number of halogens is 1. The maximum absolute atomic E-state index is 13.3. The molecule has 0 spiro atoms. The minimum absolute atomic E-state index is 0.0701. The first kappa shape index (κ1) is 17.4. The van der Waals surface area contributed by atoms with Gasteiger partial charge in [-0.05, 0) is 41.0 Å². The molecular weight excluding hydrogens is 339 g/mol. The predicted molar refractivity (Wildman–Crippen MR) is 103 cm³/mol. The SMILES string of the molecule is O=C(C[C@@H](c1ccccc1)c1ccc(F)cc1)N1CC(c2ccncc2)C1. The topological polar surface area (TPSA) is 33.2 Å². The smallest absolute Gasteiger partial charge is 0.223 e. The van der Waals surface area contributed by atoms with Crippen molar-refractivity contribution in [2.45, 2.75) is 18.3 Å². The Kier molecular flexibility index (Phi) is 4.97. The lowest BCUT2D eigenvalue weighted by Gasteiger charge is -2.40. The molecule has 136 valence electrons. The standard InChI is InChI=1S/C23H21FN2O/c24-21-8-6-19(7-9-21)22(18-4-2-1-3-5-18)14-23(27)26-15-20(16-26)17-10-12-25-13-11-17/h1-13,20,22H,14-16H2/t22-/m0/s1. The number of amides is 1. The Balaban J connectivity index is 1.47. The van der Waals surface area contributed by atoms with Gasteiger partial charge in [0.15, 0.2) is 0 Å². The van der Waals surface area contributed by atoms with Gasteiger partial charge in [-0.1, -0.05) is 42.5 Å². The van der Waals surface area contributed by atoms with Crippen LogP contribution in [0.25, 0.3) is 0 Å². The molecule has 3 aromatic rings. The van der Waals surface area contributed by atoms with Gasteiger partial charge < -0.3 is 4.90 Å². The molecule has 27 heavy (non-hydrogen) atoms. The van der Waals surface area contributed by atoms with Crippen LogP contribution in [-0.2, 0) is 4.79 Å². The van der Waals surface area contributed by atoms with Crippen LogP contribution in [0.4, 0.5) is 4.39 Å². The number of hydrogen-bond acceptors (Lipinski definition) is 2. The number of aromatic nitrogens is 1. The lowest BCUT2D eigenvalue weighted by Crippen LogP contribution is -2.48. The zero-order chi connectivity index (χ0) is 18.6. The van der Waals surface area contributed by atoms with Crippen molar-refractivity contribution in [1.29, 1.82) is 0 Å². The number of rotatable bonds is 5. The first-order chi connectivity index (χ1) is 13.2. The lowest BCUT2D eigenvalue weighted by molar-refractivity contribution is -0.135. The summed E-state index contributed by atoms with van der Waals surface area (Å²) < 4.78 is 13.3. The summed E-state index contributed by atoms with van der Waals surface area (Å²) in [5.41, 5.74) is 3.26. The van der Waals surface area contributed by atoms with Gasteiger partial charge >= 0.3 is 0 Å². The number of nitrogens with zero attached hydrogens (tertiary/aromatic N) is 2. The van der Waals surface area contributed by atoms with Crippen LogP contribution in [-0.4, -0.2) is 28.9 Å². The van der Waals surface area contributed by atoms with Gasteiger partial charge in [-0.3, -0.25) is 9.78 Å². The molecule has 1 fully saturated rings. The molecule has 0 bridgehead atoms. The van der Waals surface area contributed by atoms with Crippen LogP contribution in [0.2, 0.25) is 0 Å². The summed E-state index contributed by atoms with van der Waals surface area (Å²) in [6.07, 6.45) is 3.97. The highest BCUT2D eigenvalue weighted by molar-refractivity contribution is 5.79. The van der Waals surface area contributed by atoms with Gasteiger partial charge in [0.1, 0.15) is 5.82 Å². The number of likely N-dealkylation sites (tertiary alicyclic amines) is 1. The van der Waals surface area contributed by atoms with Crippen LogP contribution >= 0.6 is 0 Å². The van der Waals surface area contributed by atoms with Crippen molar-refractivity contribution in [3.63, 3.8) is 0 Å². The highest BCUT2D eigenvalue weighted by atomic mass is 19.1. The molecule has 0 aliphatic carbocycles. The molecule has 2 heterocycles. The van der Waals surface area contributed by atoms with Crippen LogP contribution in [0, 0.1) is 5.82 Å². The molecule has 2 aromatic carbocycles. The Morgan fingerprint density at radius 3 is 2.26 bits per heavy atom. The third-order valence-electron chi connectivity index (χ3n) is 5.26. The van der Waals surface area contributed by atoms with Crippen LogP contribution in [0.15, 0.2) is 79.1 Å². The number of benzene rings is 2. The molecule has 1 aliphatic rings. The van der Waals surface area contributed by atoms with Crippen molar-refractivity contribution in [2.75, 3.05) is 13.1 Å². The molecule has 4 heteroatoms. The first-order valence-electron chi connectivity index (χ1n) is 9.19. The Labute approximate surface area is 158 Å². The molecule has 0 saturated carbocycles. The van der Waals surface area contributed by atoms with Crippen molar-refractivity contribution >= 4 is 5.91 Å². The van der Waals surface area contributed by atoms with Crippen molar-refractivity contribution in [2.24, 2.45) is 0 Å². The molecular formula is C23H21FN2O. The summed E-state index contributed by atoms with van der Waals surface area (Å²) in [6, 6.07) is 20.4. The first-order valence-corrected chi connectivity index (χ1v) is 9.19. The van der Waals surface area contributed by atoms with Crippen LogP contribution in [0.1, 0.15) is 34.9 Å². The zero-order valence-corrected chi connectivity index (χ0v) is 15.0. The number of carbonyl (C=O) groups excluding carboxylic acids is 1. The Morgan fingerprint density at radius 1 is 0.963 bits per heavy atom. The van der Waals surface area contributed by atoms with E-state index in [0.717, 1.165) is 24.2 Å². The van der Waals surface area contributed by atoms with E-state index < -0.39 is 0 Å². The van der Waals surface area contributed by atoms with Crippen LogP contribution in [0.3, 0.4) is 0 Å². The monoisotopic (exact) mass is 360 g/mol. The van der Waals surface area contributed by atoms with E-state index in [1.165, 1.54) is 17.7 Å². The zero-order valence-electron chi connectivity index (χ0n) is 15.0. The van der Waals surface area contributed by atoms with Gasteiger partial charge in [0.2, 0.25) is 5.91 Å². The largest absolute Gasteiger partial charge is 0.341 e. The van der Waals surface area contributed by atoms with Gasteiger partial charge in [-0.25, -0.2) is 4.39 Å². The second-order valence-corrected chi connectivity index (χ2v) is 7.00. The molecule has 1 aliphatic heterocycles. The molecule has 3 nitrogen and oxygen atoms in total. The highest BCUT2D eigenvalue weighted by Gasteiger charge is 2.33. The minimum Gasteiger partial charge on any atom is -0.341 e. The normalized spacial score (nSPS) is 15.2. The van der Waals surface area contributed by atoms with Crippen molar-refractivity contribution in [3.8, 4) is 0 Å². The van der Waals surface area contributed by atoms with Gasteiger partial charge in [0, 0.05) is 43.7 Å². The molecule has 0 radical (unpaired) electrons. The maximum Gasteiger partial charge on any atom is 0.223 e. The summed E-state index contributed by atoms with van der Waals surface area (Å²) in [4.78, 5) is 18.8. The summed E-state index contributed by atoms with van der Waals surface area (Å²) in [7, 11) is 0. The van der Waals surface area contributed by atoms with Gasteiger partial charge in [-0.15, -0.1) is 0 Å². The number of pyridine rings is 1. The van der Waals surface area contributed by atoms with E-state index in [0.29, 0.717) is 12.3 Å². The second kappa shape index (κ2) is 7.70. The van der Waals surface area contributed by atoms with Gasteiger partial charge in [-0.2, -0.15) is 0 Å². The Bertz CT molecular complexity index is 891. The molecule has 0 N–H and O–H groups in total. The number of carbonyl (C=O) groups is 1. The molecule has 0 unspecified atom stereocenters. The third kappa shape index (κ3) is 3.90. The van der Waals surface area contributed by atoms with E-state index in [2.05, 4.69) is 4.98 Å². The van der Waals surface area contributed by atoms with E-state index in [4.69, 9.17) is 0 Å². The Morgan fingerprint density at radius 2 is 1.59 bits per heavy atom. The van der Waals surface area contributed by atoms with Crippen molar-refractivity contribution < 1.29 is 9.18 Å². The maximum atomic E-state index is 13.3. The van der Waals surface area contributed by atoms with Gasteiger partial charge in [0.25, 0.3) is 0 Å². The Hall–Kier alpha value is -3.01. The van der Waals surface area contributed by atoms with E-state index in [1.54, 1.807) is 24.5 Å². The molecule has 4 rings (SSSR count). The fourth-order valence-corrected chi connectivity index (χ4v) is 3.64.